The molecule has 3 rings (SSSR count). The predicted octanol–water partition coefficient (Wildman–Crippen LogP) is 5.00. The van der Waals surface area contributed by atoms with Crippen LogP contribution >= 0.6 is 35.0 Å². The molecule has 8 heteroatoms. The Hall–Kier alpha value is -2.02. The summed E-state index contributed by atoms with van der Waals surface area (Å²) < 4.78 is 1.95. The lowest BCUT2D eigenvalue weighted by Crippen LogP contribution is -2.14. The normalized spacial score (nSPS) is 10.7. The fraction of sp³-hybridized carbons (Fsp3) is 0.167. The Morgan fingerprint density at radius 2 is 1.85 bits per heavy atom. The van der Waals surface area contributed by atoms with E-state index in [9.17, 15) is 4.79 Å². The van der Waals surface area contributed by atoms with E-state index in [1.807, 2.05) is 35.8 Å². The maximum absolute atomic E-state index is 12.2. The summed E-state index contributed by atoms with van der Waals surface area (Å²) >= 11 is 13.4. The van der Waals surface area contributed by atoms with Crippen molar-refractivity contribution < 1.29 is 4.79 Å². The van der Waals surface area contributed by atoms with E-state index in [1.54, 1.807) is 24.3 Å². The van der Waals surface area contributed by atoms with Crippen molar-refractivity contribution in [1.29, 1.82) is 0 Å². The number of nitrogens with zero attached hydrogens (tertiary/aromatic N) is 3. The summed E-state index contributed by atoms with van der Waals surface area (Å²) in [6.07, 6.45) is 0. The highest BCUT2D eigenvalue weighted by Gasteiger charge is 2.16. The minimum Gasteiger partial charge on any atom is -0.325 e. The van der Waals surface area contributed by atoms with E-state index in [-0.39, 0.29) is 11.7 Å². The molecule has 0 radical (unpaired) electrons. The molecule has 0 spiro atoms. The second-order valence-electron chi connectivity index (χ2n) is 5.37. The number of aromatic nitrogens is 3. The van der Waals surface area contributed by atoms with Gasteiger partial charge in [-0.15, -0.1) is 10.2 Å². The molecule has 134 valence electrons. The summed E-state index contributed by atoms with van der Waals surface area (Å²) in [6, 6.07) is 14.5. The van der Waals surface area contributed by atoms with Crippen LogP contribution in [0, 0.1) is 0 Å². The first-order valence-electron chi connectivity index (χ1n) is 7.94. The van der Waals surface area contributed by atoms with E-state index in [4.69, 9.17) is 23.2 Å². The average Bonchev–Trinajstić information content (AvgIpc) is 3.05. The Balaban J connectivity index is 1.69. The number of thioether (sulfide) groups is 1. The molecule has 5 nitrogen and oxygen atoms in total. The van der Waals surface area contributed by atoms with Gasteiger partial charge in [-0.1, -0.05) is 47.1 Å². The largest absolute Gasteiger partial charge is 0.325 e. The fourth-order valence-electron chi connectivity index (χ4n) is 2.38. The van der Waals surface area contributed by atoms with Crippen LogP contribution in [0.5, 0.6) is 0 Å². The SMILES string of the molecule is CCn1c(SCC(=O)Nc2ccc(Cl)cc2)nnc1-c1ccccc1Cl. The molecule has 0 fully saturated rings. The van der Waals surface area contributed by atoms with Crippen LogP contribution in [0.4, 0.5) is 5.69 Å². The standard InChI is InChI=1S/C18H16Cl2N4OS/c1-2-24-17(14-5-3-4-6-15(14)20)22-23-18(24)26-11-16(25)21-13-9-7-12(19)8-10-13/h3-10H,2,11H2,1H3,(H,21,25). The molecular formula is C18H16Cl2N4OS. The summed E-state index contributed by atoms with van der Waals surface area (Å²) in [6.45, 7) is 2.68. The van der Waals surface area contributed by atoms with Crippen molar-refractivity contribution in [3.05, 3.63) is 58.6 Å². The van der Waals surface area contributed by atoms with Gasteiger partial charge in [0.15, 0.2) is 11.0 Å². The summed E-state index contributed by atoms with van der Waals surface area (Å²) in [4.78, 5) is 12.2. The van der Waals surface area contributed by atoms with Crippen molar-refractivity contribution in [2.45, 2.75) is 18.6 Å². The van der Waals surface area contributed by atoms with Gasteiger partial charge in [-0.3, -0.25) is 4.79 Å². The van der Waals surface area contributed by atoms with Gasteiger partial charge in [0, 0.05) is 22.8 Å². The number of benzene rings is 2. The molecule has 0 saturated carbocycles. The highest BCUT2D eigenvalue weighted by molar-refractivity contribution is 7.99. The first-order valence-corrected chi connectivity index (χ1v) is 9.69. The molecule has 1 amide bonds. The molecule has 0 saturated heterocycles. The number of rotatable bonds is 6. The summed E-state index contributed by atoms with van der Waals surface area (Å²) in [5.41, 5.74) is 1.52. The lowest BCUT2D eigenvalue weighted by molar-refractivity contribution is -0.113. The Kier molecular flexibility index (Phi) is 6.19. The zero-order chi connectivity index (χ0) is 18.5. The predicted molar refractivity (Wildman–Crippen MR) is 107 cm³/mol. The number of hydrogen-bond donors (Lipinski definition) is 1. The molecule has 2 aromatic carbocycles. The number of nitrogens with one attached hydrogen (secondary N) is 1. The number of anilines is 1. The molecule has 0 aliphatic rings. The molecule has 0 atom stereocenters. The van der Waals surface area contributed by atoms with E-state index in [0.29, 0.717) is 33.3 Å². The van der Waals surface area contributed by atoms with Crippen molar-refractivity contribution in [3.8, 4) is 11.4 Å². The Morgan fingerprint density at radius 1 is 1.12 bits per heavy atom. The highest BCUT2D eigenvalue weighted by atomic mass is 35.5. The Bertz CT molecular complexity index is 912. The molecule has 0 aliphatic heterocycles. The van der Waals surface area contributed by atoms with E-state index in [1.165, 1.54) is 11.8 Å². The number of carbonyl (C=O) groups is 1. The molecule has 0 bridgehead atoms. The van der Waals surface area contributed by atoms with Crippen LogP contribution < -0.4 is 5.32 Å². The number of halogens is 2. The average molecular weight is 407 g/mol. The summed E-state index contributed by atoms with van der Waals surface area (Å²) in [5, 5.41) is 13.2. The van der Waals surface area contributed by atoms with Gasteiger partial charge < -0.3 is 9.88 Å². The maximum Gasteiger partial charge on any atom is 0.234 e. The van der Waals surface area contributed by atoms with Crippen molar-refractivity contribution in [2.75, 3.05) is 11.1 Å². The minimum absolute atomic E-state index is 0.123. The van der Waals surface area contributed by atoms with Crippen LogP contribution in [-0.2, 0) is 11.3 Å². The van der Waals surface area contributed by atoms with Gasteiger partial charge in [-0.05, 0) is 43.3 Å². The molecule has 0 unspecified atom stereocenters. The third kappa shape index (κ3) is 4.38. The highest BCUT2D eigenvalue weighted by Crippen LogP contribution is 2.29. The molecule has 3 aromatic rings. The topological polar surface area (TPSA) is 59.8 Å². The second kappa shape index (κ2) is 8.58. The van der Waals surface area contributed by atoms with E-state index < -0.39 is 0 Å². The Labute approximate surface area is 165 Å². The van der Waals surface area contributed by atoms with Gasteiger partial charge in [-0.2, -0.15) is 0 Å². The van der Waals surface area contributed by atoms with Gasteiger partial charge in [0.1, 0.15) is 0 Å². The molecule has 1 aromatic heterocycles. The van der Waals surface area contributed by atoms with E-state index in [2.05, 4.69) is 15.5 Å². The molecule has 1 heterocycles. The van der Waals surface area contributed by atoms with Gasteiger partial charge >= 0.3 is 0 Å². The summed E-state index contributed by atoms with van der Waals surface area (Å²) in [7, 11) is 0. The molecular weight excluding hydrogens is 391 g/mol. The zero-order valence-corrected chi connectivity index (χ0v) is 16.3. The number of hydrogen-bond acceptors (Lipinski definition) is 4. The Morgan fingerprint density at radius 3 is 2.54 bits per heavy atom. The van der Waals surface area contributed by atoms with Gasteiger partial charge in [0.2, 0.25) is 5.91 Å². The van der Waals surface area contributed by atoms with Crippen molar-refractivity contribution in [1.82, 2.24) is 14.8 Å². The van der Waals surface area contributed by atoms with Crippen LogP contribution in [0.25, 0.3) is 11.4 Å². The van der Waals surface area contributed by atoms with E-state index >= 15 is 0 Å². The van der Waals surface area contributed by atoms with Gasteiger partial charge in [-0.25, -0.2) is 0 Å². The fourth-order valence-corrected chi connectivity index (χ4v) is 3.53. The first kappa shape index (κ1) is 18.8. The van der Waals surface area contributed by atoms with Crippen LogP contribution in [0.1, 0.15) is 6.92 Å². The van der Waals surface area contributed by atoms with Crippen LogP contribution in [0.2, 0.25) is 10.0 Å². The number of carbonyl (C=O) groups excluding carboxylic acids is 1. The monoisotopic (exact) mass is 406 g/mol. The zero-order valence-electron chi connectivity index (χ0n) is 13.9. The maximum atomic E-state index is 12.2. The number of amides is 1. The third-order valence-corrected chi connectivity index (χ3v) is 5.16. The van der Waals surface area contributed by atoms with Crippen LogP contribution in [-0.4, -0.2) is 26.4 Å². The lowest BCUT2D eigenvalue weighted by Gasteiger charge is -2.08. The van der Waals surface area contributed by atoms with Crippen molar-refractivity contribution in [3.63, 3.8) is 0 Å². The molecule has 1 N–H and O–H groups in total. The summed E-state index contributed by atoms with van der Waals surface area (Å²) in [5.74, 6) is 0.796. The molecule has 26 heavy (non-hydrogen) atoms. The first-order chi connectivity index (χ1) is 12.6. The smallest absolute Gasteiger partial charge is 0.234 e. The van der Waals surface area contributed by atoms with Gasteiger partial charge in [0.05, 0.1) is 10.8 Å². The van der Waals surface area contributed by atoms with Crippen LogP contribution in [0.3, 0.4) is 0 Å². The van der Waals surface area contributed by atoms with Crippen LogP contribution in [0.15, 0.2) is 53.7 Å². The quantitative estimate of drug-likeness (QED) is 0.584. The third-order valence-electron chi connectivity index (χ3n) is 3.61. The minimum atomic E-state index is -0.123. The van der Waals surface area contributed by atoms with Gasteiger partial charge in [0.25, 0.3) is 0 Å². The van der Waals surface area contributed by atoms with E-state index in [0.717, 1.165) is 5.56 Å². The van der Waals surface area contributed by atoms with Crippen molar-refractivity contribution >= 4 is 46.6 Å². The second-order valence-corrected chi connectivity index (χ2v) is 7.16. The van der Waals surface area contributed by atoms with Crippen molar-refractivity contribution in [2.24, 2.45) is 0 Å². The lowest BCUT2D eigenvalue weighted by atomic mass is 10.2. The molecule has 0 aliphatic carbocycles.